The largest absolute Gasteiger partial charge is 0.353 e. The van der Waals surface area contributed by atoms with Gasteiger partial charge in [0.25, 0.3) is 5.91 Å². The maximum Gasteiger partial charge on any atom is 0.253 e. The zero-order chi connectivity index (χ0) is 25.7. The number of imidazole rings is 1. The first-order valence-corrected chi connectivity index (χ1v) is 13.5. The highest BCUT2D eigenvalue weighted by atomic mass is 19.3. The molecule has 1 aliphatic heterocycles. The van der Waals surface area contributed by atoms with E-state index in [2.05, 4.69) is 30.7 Å². The molecule has 196 valence electrons. The molecule has 2 amide bonds. The molecule has 2 aliphatic carbocycles. The van der Waals surface area contributed by atoms with E-state index in [4.69, 9.17) is 4.98 Å². The van der Waals surface area contributed by atoms with Gasteiger partial charge in [0.05, 0.1) is 11.0 Å². The lowest BCUT2D eigenvalue weighted by Gasteiger charge is -2.32. The predicted octanol–water partition coefficient (Wildman–Crippen LogP) is 5.29. The summed E-state index contributed by atoms with van der Waals surface area (Å²) in [6, 6.07) is 5.85. The van der Waals surface area contributed by atoms with Gasteiger partial charge in [0.2, 0.25) is 11.8 Å². The molecule has 1 saturated heterocycles. The van der Waals surface area contributed by atoms with Gasteiger partial charge in [0.1, 0.15) is 5.82 Å². The third kappa shape index (κ3) is 5.42. The van der Waals surface area contributed by atoms with Gasteiger partial charge < -0.3 is 14.8 Å². The van der Waals surface area contributed by atoms with Gasteiger partial charge >= 0.3 is 0 Å². The minimum atomic E-state index is -2.53. The molecule has 1 aromatic heterocycles. The van der Waals surface area contributed by atoms with Gasteiger partial charge in [0, 0.05) is 55.4 Å². The number of piperidine rings is 1. The Morgan fingerprint density at radius 3 is 2.33 bits per heavy atom. The molecule has 0 atom stereocenters. The molecule has 2 aromatic rings. The van der Waals surface area contributed by atoms with E-state index in [0.717, 1.165) is 42.5 Å². The molecule has 3 fully saturated rings. The minimum Gasteiger partial charge on any atom is -0.353 e. The van der Waals surface area contributed by atoms with Crippen molar-refractivity contribution in [2.45, 2.75) is 96.1 Å². The van der Waals surface area contributed by atoms with Gasteiger partial charge in [-0.2, -0.15) is 0 Å². The first kappa shape index (κ1) is 25.2. The van der Waals surface area contributed by atoms with Crippen molar-refractivity contribution >= 4 is 22.8 Å². The summed E-state index contributed by atoms with van der Waals surface area (Å²) in [5.74, 6) is -1.05. The van der Waals surface area contributed by atoms with Crippen LogP contribution in [0.1, 0.15) is 88.3 Å². The third-order valence-electron chi connectivity index (χ3n) is 8.02. The van der Waals surface area contributed by atoms with Crippen molar-refractivity contribution in [3.63, 3.8) is 0 Å². The normalized spacial score (nSPS) is 21.6. The van der Waals surface area contributed by atoms with Crippen molar-refractivity contribution in [1.29, 1.82) is 0 Å². The number of hydrogen-bond acceptors (Lipinski definition) is 3. The van der Waals surface area contributed by atoms with Gasteiger partial charge in [-0.25, -0.2) is 13.8 Å². The Morgan fingerprint density at radius 2 is 1.72 bits per heavy atom. The zero-order valence-electron chi connectivity index (χ0n) is 21.7. The molecule has 0 spiro atoms. The molecule has 5 rings (SSSR count). The van der Waals surface area contributed by atoms with Crippen LogP contribution >= 0.6 is 0 Å². The number of hydrogen-bond donors (Lipinski definition) is 1. The molecule has 8 heteroatoms. The summed E-state index contributed by atoms with van der Waals surface area (Å²) < 4.78 is 29.6. The zero-order valence-corrected chi connectivity index (χ0v) is 21.7. The fourth-order valence-electron chi connectivity index (χ4n) is 5.63. The van der Waals surface area contributed by atoms with Crippen molar-refractivity contribution < 1.29 is 18.4 Å². The standard InChI is InChI=1S/C28H38F2N4O2/c1-27(2,3)26-32-22-16-20(6-7-23(22)34(26)17-18-8-12-28(29,30)13-9-18)25(36)33-14-10-21(11-15-33)31-24(35)19-4-5-19/h6-7,16,18-19,21H,4-5,8-15,17H2,1-3H3,(H,31,35). The van der Waals surface area contributed by atoms with Crippen LogP contribution in [0.4, 0.5) is 8.78 Å². The smallest absolute Gasteiger partial charge is 0.253 e. The summed E-state index contributed by atoms with van der Waals surface area (Å²) in [6.45, 7) is 8.25. The number of fused-ring (bicyclic) bond motifs is 1. The van der Waals surface area contributed by atoms with Crippen LogP contribution in [0.15, 0.2) is 18.2 Å². The van der Waals surface area contributed by atoms with Crippen LogP contribution in [0.5, 0.6) is 0 Å². The van der Waals surface area contributed by atoms with Crippen molar-refractivity contribution in [2.75, 3.05) is 13.1 Å². The third-order valence-corrected chi connectivity index (χ3v) is 8.02. The highest BCUT2D eigenvalue weighted by Gasteiger charge is 2.36. The molecule has 0 radical (unpaired) electrons. The SMILES string of the molecule is CC(C)(C)c1nc2cc(C(=O)N3CCC(NC(=O)C4CC4)CC3)ccc2n1CC1CCC(F)(F)CC1. The highest BCUT2D eigenvalue weighted by Crippen LogP contribution is 2.38. The number of rotatable bonds is 5. The molecule has 0 bridgehead atoms. The molecule has 6 nitrogen and oxygen atoms in total. The van der Waals surface area contributed by atoms with E-state index in [1.54, 1.807) is 0 Å². The summed E-state index contributed by atoms with van der Waals surface area (Å²) in [5.41, 5.74) is 2.13. The lowest BCUT2D eigenvalue weighted by Crippen LogP contribution is -2.46. The van der Waals surface area contributed by atoms with Crippen molar-refractivity contribution in [2.24, 2.45) is 11.8 Å². The molecule has 3 aliphatic rings. The Hall–Kier alpha value is -2.51. The fourth-order valence-corrected chi connectivity index (χ4v) is 5.63. The van der Waals surface area contributed by atoms with Crippen LogP contribution in [-0.4, -0.2) is 51.3 Å². The summed E-state index contributed by atoms with van der Waals surface area (Å²) in [7, 11) is 0. The number of carbonyl (C=O) groups excluding carboxylic acids is 2. The minimum absolute atomic E-state index is 0.00904. The van der Waals surface area contributed by atoms with Crippen molar-refractivity contribution in [1.82, 2.24) is 19.8 Å². The van der Waals surface area contributed by atoms with E-state index < -0.39 is 5.92 Å². The van der Waals surface area contributed by atoms with Crippen LogP contribution < -0.4 is 5.32 Å². The average molecular weight is 501 g/mol. The van der Waals surface area contributed by atoms with Gasteiger partial charge in [-0.1, -0.05) is 20.8 Å². The Balaban J connectivity index is 1.30. The van der Waals surface area contributed by atoms with Gasteiger partial charge in [-0.15, -0.1) is 0 Å². The number of likely N-dealkylation sites (tertiary alicyclic amines) is 1. The molecule has 1 aromatic carbocycles. The molecular formula is C28H38F2N4O2. The molecular weight excluding hydrogens is 462 g/mol. The highest BCUT2D eigenvalue weighted by molar-refractivity contribution is 5.97. The molecule has 36 heavy (non-hydrogen) atoms. The van der Waals surface area contributed by atoms with E-state index >= 15 is 0 Å². The van der Waals surface area contributed by atoms with Crippen LogP contribution in [-0.2, 0) is 16.8 Å². The molecule has 1 N–H and O–H groups in total. The number of halogens is 2. The summed E-state index contributed by atoms with van der Waals surface area (Å²) in [4.78, 5) is 32.1. The fraction of sp³-hybridized carbons (Fsp3) is 0.679. The van der Waals surface area contributed by atoms with Crippen molar-refractivity contribution in [3.05, 3.63) is 29.6 Å². The number of aromatic nitrogens is 2. The van der Waals surface area contributed by atoms with Crippen LogP contribution in [0, 0.1) is 11.8 Å². The van der Waals surface area contributed by atoms with E-state index in [1.807, 2.05) is 23.1 Å². The van der Waals surface area contributed by atoms with E-state index in [9.17, 15) is 18.4 Å². The first-order valence-electron chi connectivity index (χ1n) is 13.5. The second-order valence-electron chi connectivity index (χ2n) is 12.1. The summed E-state index contributed by atoms with van der Waals surface area (Å²) >= 11 is 0. The number of alkyl halides is 2. The molecule has 2 saturated carbocycles. The maximum atomic E-state index is 13.7. The molecule has 0 unspecified atom stereocenters. The monoisotopic (exact) mass is 500 g/mol. The van der Waals surface area contributed by atoms with Crippen LogP contribution in [0.25, 0.3) is 11.0 Å². The van der Waals surface area contributed by atoms with Gasteiger partial charge in [-0.3, -0.25) is 9.59 Å². The van der Waals surface area contributed by atoms with E-state index in [0.29, 0.717) is 38.0 Å². The van der Waals surface area contributed by atoms with E-state index in [-0.39, 0.29) is 47.9 Å². The maximum absolute atomic E-state index is 13.7. The predicted molar refractivity (Wildman–Crippen MR) is 135 cm³/mol. The Kier molecular flexibility index (Phi) is 6.58. The Labute approximate surface area is 211 Å². The second kappa shape index (κ2) is 9.42. The number of benzene rings is 1. The summed E-state index contributed by atoms with van der Waals surface area (Å²) in [6.07, 6.45) is 4.48. The topological polar surface area (TPSA) is 67.2 Å². The Morgan fingerprint density at radius 1 is 1.06 bits per heavy atom. The van der Waals surface area contributed by atoms with Gasteiger partial charge in [-0.05, 0) is 62.6 Å². The average Bonchev–Trinajstić information content (AvgIpc) is 3.62. The summed E-state index contributed by atoms with van der Waals surface area (Å²) in [5, 5.41) is 3.13. The number of carbonyl (C=O) groups is 2. The second-order valence-corrected chi connectivity index (χ2v) is 12.1. The van der Waals surface area contributed by atoms with Gasteiger partial charge in [0.15, 0.2) is 0 Å². The van der Waals surface area contributed by atoms with E-state index in [1.165, 1.54) is 0 Å². The molecule has 2 heterocycles. The van der Waals surface area contributed by atoms with Crippen molar-refractivity contribution in [3.8, 4) is 0 Å². The number of amides is 2. The number of nitrogens with one attached hydrogen (secondary N) is 1. The lowest BCUT2D eigenvalue weighted by atomic mass is 9.86. The van der Waals surface area contributed by atoms with Crippen LogP contribution in [0.3, 0.4) is 0 Å². The lowest BCUT2D eigenvalue weighted by molar-refractivity contribution is -0.123. The first-order chi connectivity index (χ1) is 17.0. The quantitative estimate of drug-likeness (QED) is 0.607. The van der Waals surface area contributed by atoms with Crippen LogP contribution in [0.2, 0.25) is 0 Å². The Bertz CT molecular complexity index is 1130. The number of nitrogens with zero attached hydrogens (tertiary/aromatic N) is 3.